The highest BCUT2D eigenvalue weighted by Crippen LogP contribution is 2.07. The molecule has 1 amide bonds. The van der Waals surface area contributed by atoms with Gasteiger partial charge in [0.25, 0.3) is 0 Å². The number of carbonyl (C=O) groups is 2. The molecule has 0 aromatic carbocycles. The Morgan fingerprint density at radius 1 is 1.77 bits per heavy atom. The lowest BCUT2D eigenvalue weighted by molar-refractivity contribution is -0.143. The second-order valence-corrected chi connectivity index (χ2v) is 3.03. The van der Waals surface area contributed by atoms with Gasteiger partial charge >= 0.3 is 5.97 Å². The molecular formula is C8H14N2O3. The van der Waals surface area contributed by atoms with Crippen molar-refractivity contribution < 1.29 is 14.7 Å². The van der Waals surface area contributed by atoms with E-state index in [0.29, 0.717) is 13.1 Å². The minimum Gasteiger partial charge on any atom is -0.481 e. The SMILES string of the molecule is CCN1CCNC(=O)C1CC(=O)O. The molecule has 1 atom stereocenters. The van der Waals surface area contributed by atoms with Crippen molar-refractivity contribution in [1.82, 2.24) is 10.2 Å². The molecule has 0 aromatic rings. The summed E-state index contributed by atoms with van der Waals surface area (Å²) in [4.78, 5) is 23.6. The van der Waals surface area contributed by atoms with Crippen LogP contribution < -0.4 is 5.32 Å². The number of piperazine rings is 1. The number of nitrogens with one attached hydrogen (secondary N) is 1. The summed E-state index contributed by atoms with van der Waals surface area (Å²) in [6.07, 6.45) is -0.111. The van der Waals surface area contributed by atoms with Crippen LogP contribution in [0.5, 0.6) is 0 Å². The Hall–Kier alpha value is -1.10. The molecule has 1 heterocycles. The van der Waals surface area contributed by atoms with E-state index in [-0.39, 0.29) is 12.3 Å². The van der Waals surface area contributed by atoms with Gasteiger partial charge in [0.05, 0.1) is 12.5 Å². The molecule has 5 nitrogen and oxygen atoms in total. The molecule has 5 heteroatoms. The molecule has 0 spiro atoms. The van der Waals surface area contributed by atoms with E-state index < -0.39 is 12.0 Å². The number of carbonyl (C=O) groups excluding carboxylic acids is 1. The fraction of sp³-hybridized carbons (Fsp3) is 0.750. The summed E-state index contributed by atoms with van der Waals surface area (Å²) in [5.41, 5.74) is 0. The number of hydrogen-bond donors (Lipinski definition) is 2. The van der Waals surface area contributed by atoms with Gasteiger partial charge in [-0.3, -0.25) is 14.5 Å². The molecule has 0 radical (unpaired) electrons. The molecule has 0 bridgehead atoms. The van der Waals surface area contributed by atoms with Crippen molar-refractivity contribution in [3.05, 3.63) is 0 Å². The Morgan fingerprint density at radius 3 is 3.00 bits per heavy atom. The molecule has 0 aromatic heterocycles. The van der Waals surface area contributed by atoms with Crippen LogP contribution in [0.2, 0.25) is 0 Å². The lowest BCUT2D eigenvalue weighted by atomic mass is 10.1. The summed E-state index contributed by atoms with van der Waals surface area (Å²) >= 11 is 0. The summed E-state index contributed by atoms with van der Waals surface area (Å²) in [6.45, 7) is 3.99. The van der Waals surface area contributed by atoms with E-state index in [1.54, 1.807) is 0 Å². The van der Waals surface area contributed by atoms with Gasteiger partial charge in [0.1, 0.15) is 0 Å². The lowest BCUT2D eigenvalue weighted by Gasteiger charge is -2.33. The monoisotopic (exact) mass is 186 g/mol. The van der Waals surface area contributed by atoms with Gasteiger partial charge in [-0.15, -0.1) is 0 Å². The maximum Gasteiger partial charge on any atom is 0.305 e. The molecule has 0 aliphatic carbocycles. The number of nitrogens with zero attached hydrogens (tertiary/aromatic N) is 1. The molecule has 1 aliphatic rings. The standard InChI is InChI=1S/C8H14N2O3/c1-2-10-4-3-9-8(13)6(10)5-7(11)12/h6H,2-5H2,1H3,(H,9,13)(H,11,12). The number of hydrogen-bond acceptors (Lipinski definition) is 3. The van der Waals surface area contributed by atoms with E-state index in [1.807, 2.05) is 11.8 Å². The van der Waals surface area contributed by atoms with Crippen molar-refractivity contribution in [3.8, 4) is 0 Å². The van der Waals surface area contributed by atoms with Crippen molar-refractivity contribution in [2.45, 2.75) is 19.4 Å². The van der Waals surface area contributed by atoms with Crippen LogP contribution in [0.25, 0.3) is 0 Å². The maximum absolute atomic E-state index is 11.3. The fourth-order valence-corrected chi connectivity index (χ4v) is 1.53. The third kappa shape index (κ3) is 2.42. The molecule has 1 aliphatic heterocycles. The van der Waals surface area contributed by atoms with Crippen LogP contribution in [0.1, 0.15) is 13.3 Å². The summed E-state index contributed by atoms with van der Waals surface area (Å²) in [5.74, 6) is -1.10. The maximum atomic E-state index is 11.3. The van der Waals surface area contributed by atoms with E-state index in [2.05, 4.69) is 5.32 Å². The van der Waals surface area contributed by atoms with E-state index in [9.17, 15) is 9.59 Å². The number of carboxylic acid groups (broad SMARTS) is 1. The Balaban J connectivity index is 2.62. The molecule has 1 unspecified atom stereocenters. The minimum absolute atomic E-state index is 0.111. The second-order valence-electron chi connectivity index (χ2n) is 3.03. The van der Waals surface area contributed by atoms with Crippen molar-refractivity contribution >= 4 is 11.9 Å². The number of aliphatic carboxylic acids is 1. The van der Waals surface area contributed by atoms with Gasteiger partial charge in [-0.1, -0.05) is 6.92 Å². The Bertz CT molecular complexity index is 217. The Kier molecular flexibility index (Phi) is 3.25. The number of carboxylic acids is 1. The quantitative estimate of drug-likeness (QED) is 0.610. The highest BCUT2D eigenvalue weighted by Gasteiger charge is 2.30. The van der Waals surface area contributed by atoms with E-state index in [1.165, 1.54) is 0 Å². The van der Waals surface area contributed by atoms with Gasteiger partial charge in [0.15, 0.2) is 0 Å². The third-order valence-electron chi connectivity index (χ3n) is 2.22. The van der Waals surface area contributed by atoms with Gasteiger partial charge in [-0.05, 0) is 6.54 Å². The molecule has 2 N–H and O–H groups in total. The topological polar surface area (TPSA) is 69.6 Å². The van der Waals surface area contributed by atoms with Crippen LogP contribution in [-0.2, 0) is 9.59 Å². The highest BCUT2D eigenvalue weighted by atomic mass is 16.4. The van der Waals surface area contributed by atoms with Crippen molar-refractivity contribution in [2.24, 2.45) is 0 Å². The zero-order chi connectivity index (χ0) is 9.84. The molecule has 13 heavy (non-hydrogen) atoms. The summed E-state index contributed by atoms with van der Waals surface area (Å²) in [6, 6.07) is -0.490. The first-order chi connectivity index (χ1) is 6.15. The zero-order valence-corrected chi connectivity index (χ0v) is 7.62. The first-order valence-electron chi connectivity index (χ1n) is 4.38. The van der Waals surface area contributed by atoms with Crippen molar-refractivity contribution in [2.75, 3.05) is 19.6 Å². The van der Waals surface area contributed by atoms with Gasteiger partial charge in [0, 0.05) is 13.1 Å². The molecule has 74 valence electrons. The molecule has 0 saturated carbocycles. The molecule has 1 fully saturated rings. The van der Waals surface area contributed by atoms with E-state index >= 15 is 0 Å². The second kappa shape index (κ2) is 4.23. The summed E-state index contributed by atoms with van der Waals surface area (Å²) in [7, 11) is 0. The Morgan fingerprint density at radius 2 is 2.46 bits per heavy atom. The summed E-state index contributed by atoms with van der Waals surface area (Å²) in [5, 5.41) is 11.2. The first-order valence-corrected chi connectivity index (χ1v) is 4.38. The Labute approximate surface area is 76.7 Å². The smallest absolute Gasteiger partial charge is 0.305 e. The lowest BCUT2D eigenvalue weighted by Crippen LogP contribution is -2.55. The average molecular weight is 186 g/mol. The molecule has 1 saturated heterocycles. The predicted molar refractivity (Wildman–Crippen MR) is 46.3 cm³/mol. The van der Waals surface area contributed by atoms with Crippen LogP contribution >= 0.6 is 0 Å². The van der Waals surface area contributed by atoms with E-state index in [4.69, 9.17) is 5.11 Å². The van der Waals surface area contributed by atoms with Gasteiger partial charge in [0.2, 0.25) is 5.91 Å². The van der Waals surface area contributed by atoms with Gasteiger partial charge in [-0.25, -0.2) is 0 Å². The highest BCUT2D eigenvalue weighted by molar-refractivity contribution is 5.86. The first kappa shape index (κ1) is 9.98. The van der Waals surface area contributed by atoms with Gasteiger partial charge < -0.3 is 10.4 Å². The van der Waals surface area contributed by atoms with Crippen LogP contribution in [0.4, 0.5) is 0 Å². The van der Waals surface area contributed by atoms with Gasteiger partial charge in [-0.2, -0.15) is 0 Å². The molecule has 1 rings (SSSR count). The number of rotatable bonds is 3. The van der Waals surface area contributed by atoms with Crippen molar-refractivity contribution in [3.63, 3.8) is 0 Å². The zero-order valence-electron chi connectivity index (χ0n) is 7.62. The third-order valence-corrected chi connectivity index (χ3v) is 2.22. The summed E-state index contributed by atoms with van der Waals surface area (Å²) < 4.78 is 0. The number of amides is 1. The fourth-order valence-electron chi connectivity index (χ4n) is 1.53. The van der Waals surface area contributed by atoms with Crippen LogP contribution in [0.15, 0.2) is 0 Å². The minimum atomic E-state index is -0.930. The molecular weight excluding hydrogens is 172 g/mol. The van der Waals surface area contributed by atoms with Crippen LogP contribution in [-0.4, -0.2) is 47.6 Å². The van der Waals surface area contributed by atoms with Crippen molar-refractivity contribution in [1.29, 1.82) is 0 Å². The number of likely N-dealkylation sites (N-methyl/N-ethyl adjacent to an activating group) is 1. The predicted octanol–water partition coefficient (Wildman–Crippen LogP) is -0.719. The van der Waals surface area contributed by atoms with E-state index in [0.717, 1.165) is 6.54 Å². The normalized spacial score (nSPS) is 24.1. The van der Waals surface area contributed by atoms with Crippen LogP contribution in [0, 0.1) is 0 Å². The largest absolute Gasteiger partial charge is 0.481 e. The average Bonchev–Trinajstić information content (AvgIpc) is 2.08. The van der Waals surface area contributed by atoms with Crippen LogP contribution in [0.3, 0.4) is 0 Å².